The number of piperazine rings is 1. The third-order valence-electron chi connectivity index (χ3n) is 6.66. The zero-order chi connectivity index (χ0) is 27.1. The monoisotopic (exact) mass is 536 g/mol. The maximum atomic E-state index is 15.4. The van der Waals surface area contributed by atoms with Gasteiger partial charge in [0.2, 0.25) is 5.56 Å². The maximum Gasteiger partial charge on any atom is 0.417 e. The van der Waals surface area contributed by atoms with Crippen LogP contribution in [0.4, 0.5) is 28.9 Å². The number of aromatic nitrogens is 1. The zero-order valence-corrected chi connectivity index (χ0v) is 21.0. The van der Waals surface area contributed by atoms with Gasteiger partial charge in [-0.1, -0.05) is 23.7 Å². The molecular weight excluding hydrogens is 512 g/mol. The highest BCUT2D eigenvalue weighted by Crippen LogP contribution is 2.37. The molecule has 0 bridgehead atoms. The topological polar surface area (TPSA) is 68.4 Å². The summed E-state index contributed by atoms with van der Waals surface area (Å²) >= 11 is 5.96. The average Bonchev–Trinajstić information content (AvgIpc) is 2.83. The number of nitrogens with zero attached hydrogens (tertiary/aromatic N) is 2. The number of aromatic amines is 1. The van der Waals surface area contributed by atoms with Crippen molar-refractivity contribution in [2.75, 3.05) is 30.4 Å². The van der Waals surface area contributed by atoms with Crippen molar-refractivity contribution in [1.82, 2.24) is 9.88 Å². The number of pyridine rings is 1. The molecule has 3 aromatic rings. The van der Waals surface area contributed by atoms with E-state index in [2.05, 4.69) is 15.2 Å². The number of H-pyrrole nitrogens is 1. The van der Waals surface area contributed by atoms with Gasteiger partial charge in [-0.2, -0.15) is 13.2 Å². The lowest BCUT2D eigenvalue weighted by atomic mass is 10.0. The number of rotatable bonds is 4. The summed E-state index contributed by atoms with van der Waals surface area (Å²) in [6.45, 7) is 5.04. The number of amides is 1. The largest absolute Gasteiger partial charge is 0.417 e. The number of hydrogen-bond donors (Lipinski definition) is 2. The first-order valence-electron chi connectivity index (χ1n) is 11.5. The predicted octanol–water partition coefficient (Wildman–Crippen LogP) is 5.63. The highest BCUT2D eigenvalue weighted by Gasteiger charge is 2.36. The van der Waals surface area contributed by atoms with Crippen LogP contribution in [0.5, 0.6) is 0 Å². The van der Waals surface area contributed by atoms with Crippen LogP contribution in [-0.2, 0) is 6.18 Å². The van der Waals surface area contributed by atoms with E-state index in [0.29, 0.717) is 35.4 Å². The number of likely N-dealkylation sites (N-methyl/N-ethyl adjacent to an activating group) is 1. The van der Waals surface area contributed by atoms with E-state index in [1.165, 1.54) is 12.1 Å². The van der Waals surface area contributed by atoms with Crippen LogP contribution in [0.2, 0.25) is 5.02 Å². The van der Waals surface area contributed by atoms with Crippen LogP contribution in [0, 0.1) is 5.82 Å². The summed E-state index contributed by atoms with van der Waals surface area (Å²) in [4.78, 5) is 30.8. The number of anilines is 2. The lowest BCUT2D eigenvalue weighted by Gasteiger charge is -2.44. The third-order valence-corrected chi connectivity index (χ3v) is 6.92. The van der Waals surface area contributed by atoms with Crippen molar-refractivity contribution in [2.45, 2.75) is 32.1 Å². The molecule has 0 unspecified atom stereocenters. The minimum absolute atomic E-state index is 0.0994. The van der Waals surface area contributed by atoms with E-state index in [4.69, 9.17) is 11.6 Å². The van der Waals surface area contributed by atoms with Gasteiger partial charge in [0, 0.05) is 48.0 Å². The van der Waals surface area contributed by atoms with Crippen LogP contribution in [0.15, 0.2) is 53.5 Å². The van der Waals surface area contributed by atoms with Gasteiger partial charge >= 0.3 is 6.18 Å². The molecule has 37 heavy (non-hydrogen) atoms. The number of carbonyl (C=O) groups is 1. The van der Waals surface area contributed by atoms with Gasteiger partial charge in [0.15, 0.2) is 0 Å². The minimum atomic E-state index is -4.93. The Morgan fingerprint density at radius 2 is 1.70 bits per heavy atom. The molecule has 2 atom stereocenters. The molecule has 1 fully saturated rings. The summed E-state index contributed by atoms with van der Waals surface area (Å²) in [6.07, 6.45) is -4.20. The standard InChI is InChI=1S/C26H25ClF4N4O2/c1-14-12-35(13-15(2)34(14)3)23-10-21(28)18(16-4-6-17(27)7-5-16)8-22(23)33-25(37)19-11-32-24(36)9-20(19)26(29,30)31/h4-11,14-15H,12-13H2,1-3H3,(H,32,36)(H,33,37)/t14-,15+. The molecule has 11 heteroatoms. The lowest BCUT2D eigenvalue weighted by molar-refractivity contribution is -0.138. The van der Waals surface area contributed by atoms with Gasteiger partial charge in [-0.05, 0) is 50.7 Å². The van der Waals surface area contributed by atoms with Crippen molar-refractivity contribution in [3.05, 3.63) is 81.0 Å². The van der Waals surface area contributed by atoms with E-state index in [1.54, 1.807) is 24.3 Å². The fourth-order valence-electron chi connectivity index (χ4n) is 4.46. The van der Waals surface area contributed by atoms with E-state index in [9.17, 15) is 22.8 Å². The second-order valence-electron chi connectivity index (χ2n) is 9.20. The Labute approximate surface area is 215 Å². The predicted molar refractivity (Wildman–Crippen MR) is 136 cm³/mol. The second-order valence-corrected chi connectivity index (χ2v) is 9.64. The number of benzene rings is 2. The summed E-state index contributed by atoms with van der Waals surface area (Å²) in [6, 6.07) is 9.60. The Morgan fingerprint density at radius 1 is 1.08 bits per heavy atom. The van der Waals surface area contributed by atoms with E-state index in [-0.39, 0.29) is 23.3 Å². The zero-order valence-electron chi connectivity index (χ0n) is 20.3. The minimum Gasteiger partial charge on any atom is -0.367 e. The van der Waals surface area contributed by atoms with Gasteiger partial charge in [0.1, 0.15) is 5.82 Å². The molecule has 2 heterocycles. The lowest BCUT2D eigenvalue weighted by Crippen LogP contribution is -2.55. The van der Waals surface area contributed by atoms with Crippen molar-refractivity contribution in [2.24, 2.45) is 0 Å². The highest BCUT2D eigenvalue weighted by molar-refractivity contribution is 6.30. The van der Waals surface area contributed by atoms with E-state index in [0.717, 1.165) is 6.20 Å². The maximum absolute atomic E-state index is 15.4. The molecule has 196 valence electrons. The second kappa shape index (κ2) is 10.2. The molecule has 1 aliphatic heterocycles. The molecule has 1 aliphatic rings. The van der Waals surface area contributed by atoms with Crippen LogP contribution in [-0.4, -0.2) is 48.0 Å². The molecule has 0 aliphatic carbocycles. The van der Waals surface area contributed by atoms with Crippen LogP contribution in [0.3, 0.4) is 0 Å². The fraction of sp³-hybridized carbons (Fsp3) is 0.308. The van der Waals surface area contributed by atoms with Crippen molar-refractivity contribution in [3.63, 3.8) is 0 Å². The van der Waals surface area contributed by atoms with Gasteiger partial charge in [-0.15, -0.1) is 0 Å². The van der Waals surface area contributed by atoms with E-state index < -0.39 is 34.6 Å². The molecule has 6 nitrogen and oxygen atoms in total. The molecule has 0 saturated carbocycles. The average molecular weight is 537 g/mol. The molecule has 2 N–H and O–H groups in total. The van der Waals surface area contributed by atoms with E-state index in [1.807, 2.05) is 25.8 Å². The highest BCUT2D eigenvalue weighted by atomic mass is 35.5. The normalized spacial score (nSPS) is 18.6. The first kappa shape index (κ1) is 26.7. The summed E-state index contributed by atoms with van der Waals surface area (Å²) in [5.74, 6) is -1.65. The summed E-state index contributed by atoms with van der Waals surface area (Å²) in [5, 5.41) is 2.99. The van der Waals surface area contributed by atoms with Crippen molar-refractivity contribution >= 4 is 28.9 Å². The Bertz CT molecular complexity index is 1360. The number of nitrogens with one attached hydrogen (secondary N) is 2. The smallest absolute Gasteiger partial charge is 0.367 e. The number of carbonyl (C=O) groups excluding carboxylic acids is 1. The number of halogens is 5. The first-order chi connectivity index (χ1) is 17.3. The molecule has 1 amide bonds. The van der Waals surface area contributed by atoms with Crippen molar-refractivity contribution < 1.29 is 22.4 Å². The molecule has 4 rings (SSSR count). The summed E-state index contributed by atoms with van der Waals surface area (Å²) < 4.78 is 56.2. The van der Waals surface area contributed by atoms with Crippen LogP contribution in [0.1, 0.15) is 29.8 Å². The summed E-state index contributed by atoms with van der Waals surface area (Å²) in [5.41, 5.74) is -2.01. The van der Waals surface area contributed by atoms with Gasteiger partial charge < -0.3 is 15.2 Å². The third kappa shape index (κ3) is 5.65. The van der Waals surface area contributed by atoms with E-state index >= 15 is 4.39 Å². The Balaban J connectivity index is 1.81. The SMILES string of the molecule is C[C@@H]1CN(c2cc(F)c(-c3ccc(Cl)cc3)cc2NC(=O)c2c[nH]c(=O)cc2C(F)(F)F)C[C@H](C)N1C. The van der Waals surface area contributed by atoms with Crippen LogP contribution < -0.4 is 15.8 Å². The molecular formula is C26H25ClF4N4O2. The quantitative estimate of drug-likeness (QED) is 0.424. The fourth-order valence-corrected chi connectivity index (χ4v) is 4.59. The molecule has 1 aromatic heterocycles. The van der Waals surface area contributed by atoms with Crippen LogP contribution >= 0.6 is 11.6 Å². The summed E-state index contributed by atoms with van der Waals surface area (Å²) in [7, 11) is 1.98. The van der Waals surface area contributed by atoms with Gasteiger partial charge in [-0.3, -0.25) is 14.5 Å². The van der Waals surface area contributed by atoms with Crippen molar-refractivity contribution in [1.29, 1.82) is 0 Å². The molecule has 0 spiro atoms. The Morgan fingerprint density at radius 3 is 2.30 bits per heavy atom. The molecule has 2 aromatic carbocycles. The van der Waals surface area contributed by atoms with Gasteiger partial charge in [0.25, 0.3) is 5.91 Å². The van der Waals surface area contributed by atoms with Crippen molar-refractivity contribution in [3.8, 4) is 11.1 Å². The Kier molecular flexibility index (Phi) is 7.34. The molecule has 0 radical (unpaired) electrons. The first-order valence-corrected chi connectivity index (χ1v) is 11.9. The van der Waals surface area contributed by atoms with Gasteiger partial charge in [-0.25, -0.2) is 4.39 Å². The van der Waals surface area contributed by atoms with Crippen LogP contribution in [0.25, 0.3) is 11.1 Å². The number of hydrogen-bond acceptors (Lipinski definition) is 4. The Hall–Kier alpha value is -3.37. The number of alkyl halides is 3. The van der Waals surface area contributed by atoms with Gasteiger partial charge in [0.05, 0.1) is 22.5 Å². The molecule has 1 saturated heterocycles.